The van der Waals surface area contributed by atoms with Gasteiger partial charge < -0.3 is 0 Å². The van der Waals surface area contributed by atoms with Gasteiger partial charge in [0.25, 0.3) is 0 Å². The normalized spacial score (nSPS) is 23.7. The molecule has 2 heteroatoms. The second kappa shape index (κ2) is 2.25. The van der Waals surface area contributed by atoms with Crippen molar-refractivity contribution < 1.29 is 4.90 Å². The number of nitrogens with one attached hydrogen (secondary N) is 1. The molecule has 58 valence electrons. The largest absolute Gasteiger partial charge is 0.237 e. The van der Waals surface area contributed by atoms with Gasteiger partial charge in [0, 0.05) is 12.1 Å². The average Bonchev–Trinajstić information content (AvgIpc) is 2.62. The molecule has 0 aromatic heterocycles. The molecule has 1 unspecified atom stereocenters. The van der Waals surface area contributed by atoms with E-state index in [1.165, 1.54) is 20.5 Å². The lowest BCUT2D eigenvalue weighted by atomic mass is 10.3. The van der Waals surface area contributed by atoms with Crippen molar-refractivity contribution in [2.24, 2.45) is 0 Å². The lowest BCUT2D eigenvalue weighted by molar-refractivity contribution is -0.715. The van der Waals surface area contributed by atoms with Crippen molar-refractivity contribution in [3.8, 4) is 0 Å². The van der Waals surface area contributed by atoms with Gasteiger partial charge in [-0.15, -0.1) is 0 Å². The van der Waals surface area contributed by atoms with Crippen LogP contribution < -0.4 is 4.90 Å². The van der Waals surface area contributed by atoms with Crippen LogP contribution in [0.3, 0.4) is 0 Å². The Hall–Kier alpha value is -0.990. The highest BCUT2D eigenvalue weighted by Gasteiger charge is 2.30. The summed E-state index contributed by atoms with van der Waals surface area (Å²) in [5.41, 5.74) is 1.39. The molecule has 2 heterocycles. The Labute approximate surface area is 75.4 Å². The Morgan fingerprint density at radius 3 is 3.08 bits per heavy atom. The molecule has 0 amide bonds. The van der Waals surface area contributed by atoms with Crippen LogP contribution in [0.5, 0.6) is 0 Å². The fourth-order valence-corrected chi connectivity index (χ4v) is 2.72. The van der Waals surface area contributed by atoms with Crippen molar-refractivity contribution in [1.29, 1.82) is 0 Å². The van der Waals surface area contributed by atoms with Crippen LogP contribution in [0.4, 0.5) is 5.69 Å². The predicted molar refractivity (Wildman–Crippen MR) is 50.1 cm³/mol. The van der Waals surface area contributed by atoms with Crippen molar-refractivity contribution in [3.05, 3.63) is 47.6 Å². The molecule has 0 radical (unpaired) electrons. The first-order valence-corrected chi connectivity index (χ1v) is 4.80. The highest BCUT2D eigenvalue weighted by Crippen LogP contribution is 2.35. The fourth-order valence-electron chi connectivity index (χ4n) is 1.61. The van der Waals surface area contributed by atoms with Crippen molar-refractivity contribution >= 4 is 17.4 Å². The second-order valence-corrected chi connectivity index (χ2v) is 3.99. The van der Waals surface area contributed by atoms with Gasteiger partial charge in [-0.1, -0.05) is 12.1 Å². The monoisotopic (exact) mass is 174 g/mol. The van der Waals surface area contributed by atoms with Gasteiger partial charge in [0.05, 0.1) is 4.90 Å². The maximum atomic E-state index is 2.19. The summed E-state index contributed by atoms with van der Waals surface area (Å²) in [5, 5.41) is 1.40. The van der Waals surface area contributed by atoms with E-state index in [-0.39, 0.29) is 0 Å². The summed E-state index contributed by atoms with van der Waals surface area (Å²) in [6, 6.07) is 8.56. The number of rotatable bonds is 0. The number of hydrogen-bond acceptors (Lipinski definition) is 1. The number of fused-ring (bicyclic) bond motifs is 3. The van der Waals surface area contributed by atoms with Crippen molar-refractivity contribution in [2.45, 2.75) is 4.90 Å². The minimum atomic E-state index is 1.39. The van der Waals surface area contributed by atoms with Gasteiger partial charge in [-0.05, 0) is 23.9 Å². The Kier molecular flexibility index (Phi) is 1.22. The van der Waals surface area contributed by atoms with Gasteiger partial charge in [-0.25, -0.2) is 4.90 Å². The Morgan fingerprint density at radius 2 is 2.08 bits per heavy atom. The van der Waals surface area contributed by atoms with Crippen LogP contribution >= 0.6 is 11.8 Å². The third kappa shape index (κ3) is 0.737. The number of allylic oxidation sites excluding steroid dienone is 2. The molecule has 0 bridgehead atoms. The van der Waals surface area contributed by atoms with E-state index in [9.17, 15) is 0 Å². The zero-order chi connectivity index (χ0) is 7.97. The molecule has 1 aromatic rings. The quantitative estimate of drug-likeness (QED) is 0.627. The molecule has 0 aliphatic carbocycles. The van der Waals surface area contributed by atoms with Gasteiger partial charge in [-0.2, -0.15) is 0 Å². The van der Waals surface area contributed by atoms with Crippen LogP contribution in [0.25, 0.3) is 0 Å². The van der Waals surface area contributed by atoms with Crippen LogP contribution in [-0.2, 0) is 0 Å². The summed E-state index contributed by atoms with van der Waals surface area (Å²) in [7, 11) is 0. The van der Waals surface area contributed by atoms with E-state index >= 15 is 0 Å². The Morgan fingerprint density at radius 1 is 1.17 bits per heavy atom. The van der Waals surface area contributed by atoms with Crippen molar-refractivity contribution in [2.75, 3.05) is 0 Å². The summed E-state index contributed by atoms with van der Waals surface area (Å²) >= 11 is 1.87. The van der Waals surface area contributed by atoms with E-state index < -0.39 is 0 Å². The summed E-state index contributed by atoms with van der Waals surface area (Å²) < 4.78 is 0. The fraction of sp³-hybridized carbons (Fsp3) is 0. The molecule has 1 aromatic carbocycles. The standard InChI is InChI=1S/C10H7NS/c1-2-5-9-8(4-1)11-7-3-6-10(11)12-9/h1-7H/p+1. The second-order valence-electron chi connectivity index (χ2n) is 2.90. The lowest BCUT2D eigenvalue weighted by Crippen LogP contribution is -2.97. The number of hydrogen-bond donors (Lipinski definition) is 1. The summed E-state index contributed by atoms with van der Waals surface area (Å²) in [6.45, 7) is 0. The highest BCUT2D eigenvalue weighted by molar-refractivity contribution is 8.03. The SMILES string of the molecule is C1=C[NH+]2C(=C1)Sc1ccccc12. The van der Waals surface area contributed by atoms with Gasteiger partial charge in [0.15, 0.2) is 10.7 Å². The zero-order valence-corrected chi connectivity index (χ0v) is 7.27. The minimum Gasteiger partial charge on any atom is -0.237 e. The van der Waals surface area contributed by atoms with E-state index in [1.54, 1.807) is 0 Å². The number of benzene rings is 1. The Bertz CT molecular complexity index is 393. The number of quaternary nitrogens is 1. The molecule has 1 N–H and O–H groups in total. The molecular weight excluding hydrogens is 166 g/mol. The minimum absolute atomic E-state index is 1.39. The first-order valence-electron chi connectivity index (χ1n) is 3.98. The number of thioether (sulfide) groups is 1. The molecule has 1 atom stereocenters. The summed E-state index contributed by atoms with van der Waals surface area (Å²) in [5.74, 6) is 0. The van der Waals surface area contributed by atoms with Gasteiger partial charge >= 0.3 is 0 Å². The van der Waals surface area contributed by atoms with Crippen LogP contribution in [0, 0.1) is 0 Å². The molecule has 0 saturated heterocycles. The van der Waals surface area contributed by atoms with Gasteiger partial charge in [0.2, 0.25) is 0 Å². The van der Waals surface area contributed by atoms with Crippen LogP contribution in [0.15, 0.2) is 52.5 Å². The van der Waals surface area contributed by atoms with Gasteiger partial charge in [0.1, 0.15) is 6.20 Å². The van der Waals surface area contributed by atoms with E-state index in [0.717, 1.165) is 0 Å². The van der Waals surface area contributed by atoms with Crippen molar-refractivity contribution in [3.63, 3.8) is 0 Å². The topological polar surface area (TPSA) is 4.44 Å². The molecule has 12 heavy (non-hydrogen) atoms. The molecule has 2 aliphatic rings. The molecule has 1 nitrogen and oxygen atoms in total. The Balaban J connectivity index is 2.22. The zero-order valence-electron chi connectivity index (χ0n) is 6.45. The van der Waals surface area contributed by atoms with Crippen LogP contribution in [0.1, 0.15) is 0 Å². The molecule has 2 aliphatic heterocycles. The van der Waals surface area contributed by atoms with E-state index in [1.807, 2.05) is 11.8 Å². The highest BCUT2D eigenvalue weighted by atomic mass is 32.2. The smallest absolute Gasteiger partial charge is 0.180 e. The molecule has 0 saturated carbocycles. The van der Waals surface area contributed by atoms with Gasteiger partial charge in [-0.3, -0.25) is 0 Å². The maximum absolute atomic E-state index is 2.19. The van der Waals surface area contributed by atoms with E-state index in [0.29, 0.717) is 0 Å². The lowest BCUT2D eigenvalue weighted by Gasteiger charge is -2.02. The van der Waals surface area contributed by atoms with E-state index in [4.69, 9.17) is 0 Å². The summed E-state index contributed by atoms with van der Waals surface area (Å²) in [4.78, 5) is 2.79. The predicted octanol–water partition coefficient (Wildman–Crippen LogP) is 1.68. The van der Waals surface area contributed by atoms with Crippen LogP contribution in [0.2, 0.25) is 0 Å². The molecule has 0 spiro atoms. The number of para-hydroxylation sites is 1. The van der Waals surface area contributed by atoms with E-state index in [2.05, 4.69) is 42.6 Å². The summed E-state index contributed by atoms with van der Waals surface area (Å²) in [6.07, 6.45) is 6.49. The molecule has 0 fully saturated rings. The third-order valence-corrected chi connectivity index (χ3v) is 3.32. The maximum Gasteiger partial charge on any atom is 0.180 e. The molecular formula is C10H8NS+. The average molecular weight is 174 g/mol. The molecule has 3 rings (SSSR count). The first-order chi connectivity index (χ1) is 5.95. The van der Waals surface area contributed by atoms with Crippen LogP contribution in [-0.4, -0.2) is 0 Å². The van der Waals surface area contributed by atoms with Crippen molar-refractivity contribution in [1.82, 2.24) is 0 Å². The first kappa shape index (κ1) is 6.52. The third-order valence-electron chi connectivity index (χ3n) is 2.17.